The predicted octanol–water partition coefficient (Wildman–Crippen LogP) is 0.787. The van der Waals surface area contributed by atoms with Crippen LogP contribution in [0.15, 0.2) is 0 Å². The number of nitrogens with one attached hydrogen (secondary N) is 1. The fourth-order valence-corrected chi connectivity index (χ4v) is 1.38. The van der Waals surface area contributed by atoms with E-state index in [4.69, 9.17) is 5.26 Å². The van der Waals surface area contributed by atoms with E-state index in [-0.39, 0.29) is 6.04 Å². The second kappa shape index (κ2) is 5.47. The Morgan fingerprint density at radius 3 is 2.73 bits per heavy atom. The van der Waals surface area contributed by atoms with Crippen LogP contribution in [0.2, 0.25) is 0 Å². The second-order valence-electron chi connectivity index (χ2n) is 3.52. The van der Waals surface area contributed by atoms with Gasteiger partial charge in [-0.05, 0) is 26.8 Å². The molecule has 0 radical (unpaired) electrons. The summed E-state index contributed by atoms with van der Waals surface area (Å²) in [6, 6.07) is 2.03. The Hall–Kier alpha value is -1.41. The van der Waals surface area contributed by atoms with Gasteiger partial charge in [-0.25, -0.2) is 9.67 Å². The lowest BCUT2D eigenvalue weighted by atomic mass is 10.3. The van der Waals surface area contributed by atoms with E-state index in [1.807, 2.05) is 13.8 Å². The number of hydrogen-bond acceptors (Lipinski definition) is 4. The van der Waals surface area contributed by atoms with Crippen LogP contribution in [-0.2, 0) is 6.54 Å². The van der Waals surface area contributed by atoms with E-state index in [1.165, 1.54) is 0 Å². The van der Waals surface area contributed by atoms with Crippen LogP contribution in [0, 0.1) is 25.2 Å². The first-order valence-corrected chi connectivity index (χ1v) is 5.18. The summed E-state index contributed by atoms with van der Waals surface area (Å²) >= 11 is 0. The lowest BCUT2D eigenvalue weighted by Gasteiger charge is -2.10. The van der Waals surface area contributed by atoms with Crippen LogP contribution < -0.4 is 5.32 Å². The Kier molecular flexibility index (Phi) is 4.25. The minimum atomic E-state index is -0.190. The molecule has 15 heavy (non-hydrogen) atoms. The summed E-state index contributed by atoms with van der Waals surface area (Å²) in [5.41, 5.74) is 0. The molecule has 1 atom stereocenters. The minimum Gasteiger partial charge on any atom is -0.300 e. The monoisotopic (exact) mass is 207 g/mol. The maximum absolute atomic E-state index is 8.94. The molecule has 82 valence electrons. The van der Waals surface area contributed by atoms with Crippen LogP contribution in [0.5, 0.6) is 0 Å². The molecule has 0 saturated heterocycles. The van der Waals surface area contributed by atoms with Gasteiger partial charge in [0.1, 0.15) is 17.7 Å². The first kappa shape index (κ1) is 11.7. The summed E-state index contributed by atoms with van der Waals surface area (Å²) < 4.78 is 1.77. The molecular weight excluding hydrogens is 190 g/mol. The third-order valence-electron chi connectivity index (χ3n) is 2.11. The quantitative estimate of drug-likeness (QED) is 0.775. The Morgan fingerprint density at radius 1 is 1.53 bits per heavy atom. The summed E-state index contributed by atoms with van der Waals surface area (Å²) in [5.74, 6) is 1.60. The van der Waals surface area contributed by atoms with Crippen molar-refractivity contribution in [2.24, 2.45) is 0 Å². The van der Waals surface area contributed by atoms with Gasteiger partial charge in [-0.15, -0.1) is 0 Å². The van der Waals surface area contributed by atoms with Gasteiger partial charge < -0.3 is 5.32 Å². The summed E-state index contributed by atoms with van der Waals surface area (Å²) in [6.07, 6.45) is 1.02. The SMILES string of the molecule is CCCNC(C#N)Cn1nc(C)nc1C. The number of aryl methyl sites for hydroxylation is 2. The van der Waals surface area contributed by atoms with E-state index in [2.05, 4.69) is 28.4 Å². The molecule has 1 rings (SSSR count). The van der Waals surface area contributed by atoms with Crippen LogP contribution in [-0.4, -0.2) is 27.4 Å². The molecule has 0 aliphatic rings. The van der Waals surface area contributed by atoms with E-state index in [1.54, 1.807) is 4.68 Å². The molecule has 0 saturated carbocycles. The Morgan fingerprint density at radius 2 is 2.27 bits per heavy atom. The molecule has 0 aromatic carbocycles. The van der Waals surface area contributed by atoms with E-state index >= 15 is 0 Å². The lowest BCUT2D eigenvalue weighted by molar-refractivity contribution is 0.481. The standard InChI is InChI=1S/C10H17N5/c1-4-5-12-10(6-11)7-15-9(3)13-8(2)14-15/h10,12H,4-5,7H2,1-3H3. The van der Waals surface area contributed by atoms with Crippen molar-refractivity contribution in [3.63, 3.8) is 0 Å². The molecule has 1 unspecified atom stereocenters. The second-order valence-corrected chi connectivity index (χ2v) is 3.52. The molecule has 0 aliphatic carbocycles. The third kappa shape index (κ3) is 3.33. The van der Waals surface area contributed by atoms with Gasteiger partial charge in [0.2, 0.25) is 0 Å². The molecule has 0 spiro atoms. The van der Waals surface area contributed by atoms with Crippen molar-refractivity contribution in [3.8, 4) is 6.07 Å². The van der Waals surface area contributed by atoms with Gasteiger partial charge >= 0.3 is 0 Å². The van der Waals surface area contributed by atoms with Crippen molar-refractivity contribution >= 4 is 0 Å². The molecule has 0 aliphatic heterocycles. The average Bonchev–Trinajstić information content (AvgIpc) is 2.52. The van der Waals surface area contributed by atoms with Crippen LogP contribution in [0.1, 0.15) is 25.0 Å². The predicted molar refractivity (Wildman–Crippen MR) is 57.2 cm³/mol. The Balaban J connectivity index is 2.59. The highest BCUT2D eigenvalue weighted by Crippen LogP contribution is 1.98. The normalized spacial score (nSPS) is 12.4. The minimum absolute atomic E-state index is 0.190. The Bertz CT molecular complexity index is 349. The summed E-state index contributed by atoms with van der Waals surface area (Å²) in [5, 5.41) is 16.3. The average molecular weight is 207 g/mol. The highest BCUT2D eigenvalue weighted by molar-refractivity contribution is 4.94. The third-order valence-corrected chi connectivity index (χ3v) is 2.11. The van der Waals surface area contributed by atoms with Crippen molar-refractivity contribution in [3.05, 3.63) is 11.6 Å². The van der Waals surface area contributed by atoms with Gasteiger partial charge in [0, 0.05) is 0 Å². The van der Waals surface area contributed by atoms with E-state index in [0.29, 0.717) is 6.54 Å². The van der Waals surface area contributed by atoms with Gasteiger partial charge in [0.25, 0.3) is 0 Å². The zero-order valence-corrected chi connectivity index (χ0v) is 9.49. The summed E-state index contributed by atoms with van der Waals surface area (Å²) in [4.78, 5) is 4.19. The van der Waals surface area contributed by atoms with Crippen LogP contribution in [0.3, 0.4) is 0 Å². The molecule has 1 heterocycles. The first-order valence-electron chi connectivity index (χ1n) is 5.18. The van der Waals surface area contributed by atoms with Crippen molar-refractivity contribution < 1.29 is 0 Å². The van der Waals surface area contributed by atoms with E-state index < -0.39 is 0 Å². The first-order chi connectivity index (χ1) is 7.17. The highest BCUT2D eigenvalue weighted by Gasteiger charge is 2.10. The van der Waals surface area contributed by atoms with Gasteiger partial charge in [-0.3, -0.25) is 0 Å². The number of nitriles is 1. The van der Waals surface area contributed by atoms with Crippen LogP contribution in [0.4, 0.5) is 0 Å². The largest absolute Gasteiger partial charge is 0.300 e. The molecule has 1 N–H and O–H groups in total. The van der Waals surface area contributed by atoms with Crippen molar-refractivity contribution in [2.75, 3.05) is 6.54 Å². The summed E-state index contributed by atoms with van der Waals surface area (Å²) in [7, 11) is 0. The fourth-order valence-electron chi connectivity index (χ4n) is 1.38. The lowest BCUT2D eigenvalue weighted by Crippen LogP contribution is -2.33. The van der Waals surface area contributed by atoms with Gasteiger partial charge in [-0.2, -0.15) is 10.4 Å². The number of aromatic nitrogens is 3. The zero-order chi connectivity index (χ0) is 11.3. The van der Waals surface area contributed by atoms with Gasteiger partial charge in [0.05, 0.1) is 12.6 Å². The molecular formula is C10H17N5. The van der Waals surface area contributed by atoms with Crippen molar-refractivity contribution in [1.82, 2.24) is 20.1 Å². The zero-order valence-electron chi connectivity index (χ0n) is 9.49. The molecule has 0 bridgehead atoms. The highest BCUT2D eigenvalue weighted by atomic mass is 15.3. The fraction of sp³-hybridized carbons (Fsp3) is 0.700. The maximum atomic E-state index is 8.94. The number of rotatable bonds is 5. The maximum Gasteiger partial charge on any atom is 0.147 e. The van der Waals surface area contributed by atoms with E-state index in [9.17, 15) is 0 Å². The van der Waals surface area contributed by atoms with Crippen molar-refractivity contribution in [2.45, 2.75) is 39.8 Å². The van der Waals surface area contributed by atoms with Crippen LogP contribution >= 0.6 is 0 Å². The van der Waals surface area contributed by atoms with Gasteiger partial charge in [-0.1, -0.05) is 6.92 Å². The molecule has 0 amide bonds. The molecule has 1 aromatic rings. The molecule has 0 fully saturated rings. The molecule has 5 heteroatoms. The topological polar surface area (TPSA) is 66.5 Å². The number of nitrogens with zero attached hydrogens (tertiary/aromatic N) is 4. The van der Waals surface area contributed by atoms with E-state index in [0.717, 1.165) is 24.6 Å². The smallest absolute Gasteiger partial charge is 0.147 e. The number of hydrogen-bond donors (Lipinski definition) is 1. The molecule has 5 nitrogen and oxygen atoms in total. The Labute approximate surface area is 90.1 Å². The van der Waals surface area contributed by atoms with Crippen LogP contribution in [0.25, 0.3) is 0 Å². The van der Waals surface area contributed by atoms with Gasteiger partial charge in [0.15, 0.2) is 0 Å². The summed E-state index contributed by atoms with van der Waals surface area (Å²) in [6.45, 7) is 7.24. The molecule has 1 aromatic heterocycles. The van der Waals surface area contributed by atoms with Crippen molar-refractivity contribution in [1.29, 1.82) is 5.26 Å².